The Morgan fingerprint density at radius 1 is 1.03 bits per heavy atom. The van der Waals surface area contributed by atoms with Crippen LogP contribution in [0.4, 0.5) is 16.2 Å². The number of methoxy groups -OCH3 is 1. The first-order chi connectivity index (χ1) is 15.0. The number of nitrogens with one attached hydrogen (secondary N) is 1. The van der Waals surface area contributed by atoms with Crippen molar-refractivity contribution >= 4 is 41.7 Å². The second kappa shape index (κ2) is 8.48. The molecule has 1 amide bonds. The number of carbonyl (C=O) groups excluding carboxylic acids is 1. The molecule has 0 saturated carbocycles. The largest absolute Gasteiger partial charge is 0.497 e. The van der Waals surface area contributed by atoms with E-state index >= 15 is 0 Å². The van der Waals surface area contributed by atoms with Gasteiger partial charge in [-0.2, -0.15) is 0 Å². The molecule has 3 aromatic carbocycles. The van der Waals surface area contributed by atoms with E-state index in [4.69, 9.17) is 23.1 Å². The molecule has 1 heterocycles. The van der Waals surface area contributed by atoms with E-state index in [9.17, 15) is 4.79 Å². The molecule has 0 spiro atoms. The molecule has 0 saturated heterocycles. The Hall–Kier alpha value is -3.87. The zero-order valence-electron chi connectivity index (χ0n) is 17.4. The van der Waals surface area contributed by atoms with Crippen LogP contribution in [0.2, 0.25) is 0 Å². The molecule has 6 nitrogen and oxygen atoms in total. The van der Waals surface area contributed by atoms with E-state index in [0.29, 0.717) is 22.6 Å². The van der Waals surface area contributed by atoms with Crippen molar-refractivity contribution in [3.8, 4) is 22.8 Å². The van der Waals surface area contributed by atoms with Crippen molar-refractivity contribution in [3.05, 3.63) is 66.7 Å². The highest BCUT2D eigenvalue weighted by atomic mass is 16.6. The SMILES string of the molecule is [B]c1ccc(OC(=O)Nc2ccc(-c3c(N)c4ccc(OC)cc4n3CC)cc2)cc1. The van der Waals surface area contributed by atoms with Gasteiger partial charge >= 0.3 is 6.09 Å². The number of nitrogen functional groups attached to an aromatic ring is 1. The fourth-order valence-electron chi connectivity index (χ4n) is 3.62. The maximum absolute atomic E-state index is 12.2. The highest BCUT2D eigenvalue weighted by Crippen LogP contribution is 2.37. The predicted octanol–water partition coefficient (Wildman–Crippen LogP) is 4.32. The molecule has 3 N–H and O–H groups in total. The summed E-state index contributed by atoms with van der Waals surface area (Å²) in [5.74, 6) is 1.20. The Bertz CT molecular complexity index is 1230. The molecule has 154 valence electrons. The van der Waals surface area contributed by atoms with Crippen LogP contribution >= 0.6 is 0 Å². The van der Waals surface area contributed by atoms with Crippen molar-refractivity contribution in [2.45, 2.75) is 13.5 Å². The Balaban J connectivity index is 1.58. The Morgan fingerprint density at radius 2 is 1.71 bits per heavy atom. The minimum absolute atomic E-state index is 0.416. The van der Waals surface area contributed by atoms with Crippen molar-refractivity contribution in [3.63, 3.8) is 0 Å². The number of amides is 1. The summed E-state index contributed by atoms with van der Waals surface area (Å²) < 4.78 is 12.8. The van der Waals surface area contributed by atoms with Crippen molar-refractivity contribution in [1.29, 1.82) is 0 Å². The quantitative estimate of drug-likeness (QED) is 0.480. The standard InChI is InChI=1S/C24H22BN3O3/c1-3-28-21-14-19(30-2)12-13-20(21)22(26)23(28)15-4-8-17(9-5-15)27-24(29)31-18-10-6-16(25)7-11-18/h4-14H,3,26H2,1-2H3,(H,27,29). The smallest absolute Gasteiger partial charge is 0.417 e. The van der Waals surface area contributed by atoms with Crippen LogP contribution in [0.15, 0.2) is 66.7 Å². The monoisotopic (exact) mass is 411 g/mol. The molecule has 4 rings (SSSR count). The van der Waals surface area contributed by atoms with Crippen LogP contribution in [0.5, 0.6) is 11.5 Å². The van der Waals surface area contributed by atoms with Crippen molar-refractivity contribution < 1.29 is 14.3 Å². The first-order valence-electron chi connectivity index (χ1n) is 9.90. The van der Waals surface area contributed by atoms with Crippen LogP contribution in [0.1, 0.15) is 6.92 Å². The molecule has 31 heavy (non-hydrogen) atoms. The average molecular weight is 411 g/mol. The van der Waals surface area contributed by atoms with Crippen molar-refractivity contribution in [2.75, 3.05) is 18.2 Å². The highest BCUT2D eigenvalue weighted by molar-refractivity contribution is 6.32. The second-order valence-corrected chi connectivity index (χ2v) is 7.05. The van der Waals surface area contributed by atoms with E-state index in [1.807, 2.05) is 42.5 Å². The minimum Gasteiger partial charge on any atom is -0.497 e. The summed E-state index contributed by atoms with van der Waals surface area (Å²) in [6.07, 6.45) is -0.577. The number of carbonyl (C=O) groups is 1. The fourth-order valence-corrected chi connectivity index (χ4v) is 3.62. The summed E-state index contributed by atoms with van der Waals surface area (Å²) in [5.41, 5.74) is 11.3. The van der Waals surface area contributed by atoms with Crippen LogP contribution < -0.4 is 26.0 Å². The third kappa shape index (κ3) is 4.07. The summed E-state index contributed by atoms with van der Waals surface area (Å²) in [6, 6.07) is 20.0. The third-order valence-electron chi connectivity index (χ3n) is 5.12. The van der Waals surface area contributed by atoms with E-state index < -0.39 is 6.09 Å². The number of hydrogen-bond acceptors (Lipinski definition) is 4. The van der Waals surface area contributed by atoms with Crippen LogP contribution in [0.25, 0.3) is 22.2 Å². The molecular weight excluding hydrogens is 389 g/mol. The number of fused-ring (bicyclic) bond motifs is 1. The van der Waals surface area contributed by atoms with E-state index in [2.05, 4.69) is 16.8 Å². The van der Waals surface area contributed by atoms with Crippen molar-refractivity contribution in [1.82, 2.24) is 4.57 Å². The van der Waals surface area contributed by atoms with Gasteiger partial charge in [0.1, 0.15) is 19.3 Å². The number of ether oxygens (including phenoxy) is 2. The number of rotatable bonds is 5. The van der Waals surface area contributed by atoms with Gasteiger partial charge in [0.25, 0.3) is 0 Å². The van der Waals surface area contributed by atoms with Crippen LogP contribution in [-0.4, -0.2) is 25.6 Å². The number of aromatic nitrogens is 1. The lowest BCUT2D eigenvalue weighted by Gasteiger charge is -2.11. The molecule has 0 fully saturated rings. The average Bonchev–Trinajstić information content (AvgIpc) is 3.06. The first kappa shape index (κ1) is 20.4. The lowest BCUT2D eigenvalue weighted by atomic mass is 9.97. The number of hydrogen-bond donors (Lipinski definition) is 2. The maximum Gasteiger partial charge on any atom is 0.417 e. The van der Waals surface area contributed by atoms with Gasteiger partial charge in [-0.15, -0.1) is 0 Å². The van der Waals surface area contributed by atoms with Gasteiger partial charge in [0.15, 0.2) is 0 Å². The zero-order chi connectivity index (χ0) is 22.0. The number of benzene rings is 3. The topological polar surface area (TPSA) is 78.5 Å². The molecular formula is C24H22BN3O3. The lowest BCUT2D eigenvalue weighted by molar-refractivity contribution is 0.215. The van der Waals surface area contributed by atoms with Crippen molar-refractivity contribution in [2.24, 2.45) is 0 Å². The van der Waals surface area contributed by atoms with Gasteiger partial charge in [0.2, 0.25) is 0 Å². The van der Waals surface area contributed by atoms with E-state index in [-0.39, 0.29) is 0 Å². The molecule has 4 aromatic rings. The number of aryl methyl sites for hydroxylation is 1. The normalized spacial score (nSPS) is 10.8. The Labute approximate surface area is 182 Å². The summed E-state index contributed by atoms with van der Waals surface area (Å²) in [6.45, 7) is 2.83. The van der Waals surface area contributed by atoms with Gasteiger partial charge in [-0.3, -0.25) is 5.32 Å². The van der Waals surface area contributed by atoms with Gasteiger partial charge in [-0.25, -0.2) is 4.79 Å². The molecule has 0 aliphatic carbocycles. The Kier molecular flexibility index (Phi) is 5.58. The van der Waals surface area contributed by atoms with Gasteiger partial charge in [0.05, 0.1) is 24.0 Å². The summed E-state index contributed by atoms with van der Waals surface area (Å²) in [5, 5.41) is 3.70. The second-order valence-electron chi connectivity index (χ2n) is 7.05. The molecule has 7 heteroatoms. The van der Waals surface area contributed by atoms with Gasteiger partial charge in [-0.05, 0) is 43.3 Å². The molecule has 0 atom stereocenters. The van der Waals surface area contributed by atoms with Gasteiger partial charge < -0.3 is 19.8 Å². The van der Waals surface area contributed by atoms with Gasteiger partial charge in [-0.1, -0.05) is 29.7 Å². The fraction of sp³-hybridized carbons (Fsp3) is 0.125. The number of nitrogens with two attached hydrogens (primary N) is 1. The zero-order valence-corrected chi connectivity index (χ0v) is 17.4. The van der Waals surface area contributed by atoms with Crippen LogP contribution in [0.3, 0.4) is 0 Å². The number of nitrogens with zero attached hydrogens (tertiary/aromatic N) is 1. The van der Waals surface area contributed by atoms with E-state index in [1.165, 1.54) is 0 Å². The Morgan fingerprint density at radius 3 is 2.35 bits per heavy atom. The minimum atomic E-state index is -0.577. The summed E-state index contributed by atoms with van der Waals surface area (Å²) in [4.78, 5) is 12.2. The summed E-state index contributed by atoms with van der Waals surface area (Å²) in [7, 11) is 7.29. The third-order valence-corrected chi connectivity index (χ3v) is 5.12. The van der Waals surface area contributed by atoms with E-state index in [1.54, 1.807) is 31.4 Å². The first-order valence-corrected chi connectivity index (χ1v) is 9.90. The lowest BCUT2D eigenvalue weighted by Crippen LogP contribution is -2.17. The van der Waals surface area contributed by atoms with E-state index in [0.717, 1.165) is 34.5 Å². The molecule has 2 radical (unpaired) electrons. The highest BCUT2D eigenvalue weighted by Gasteiger charge is 2.16. The molecule has 0 unspecified atom stereocenters. The van der Waals surface area contributed by atoms with Crippen LogP contribution in [0, 0.1) is 0 Å². The van der Waals surface area contributed by atoms with Crippen LogP contribution in [-0.2, 0) is 6.54 Å². The van der Waals surface area contributed by atoms with Gasteiger partial charge in [0, 0.05) is 29.2 Å². The molecule has 0 aliphatic rings. The predicted molar refractivity (Wildman–Crippen MR) is 125 cm³/mol. The molecule has 0 aliphatic heterocycles. The molecule has 0 bridgehead atoms. The molecule has 1 aromatic heterocycles. The number of anilines is 2. The maximum atomic E-state index is 12.2. The summed E-state index contributed by atoms with van der Waals surface area (Å²) >= 11 is 0.